The summed E-state index contributed by atoms with van der Waals surface area (Å²) in [6, 6.07) is 16.1. The highest BCUT2D eigenvalue weighted by atomic mass is 19.2. The largest absolute Gasteiger partial charge is 0.492 e. The Kier molecular flexibility index (Phi) is 6.19. The zero-order valence-corrected chi connectivity index (χ0v) is 15.5. The second kappa shape index (κ2) is 8.97. The highest BCUT2D eigenvalue weighted by Gasteiger charge is 2.13. The zero-order valence-electron chi connectivity index (χ0n) is 15.5. The Morgan fingerprint density at radius 3 is 2.21 bits per heavy atom. The predicted molar refractivity (Wildman–Crippen MR) is 106 cm³/mol. The van der Waals surface area contributed by atoms with Crippen molar-refractivity contribution >= 4 is 23.2 Å². The van der Waals surface area contributed by atoms with Crippen molar-refractivity contribution < 1.29 is 23.1 Å². The van der Waals surface area contributed by atoms with Crippen LogP contribution in [-0.4, -0.2) is 18.4 Å². The lowest BCUT2D eigenvalue weighted by atomic mass is 10.1. The van der Waals surface area contributed by atoms with E-state index in [2.05, 4.69) is 10.6 Å². The maximum absolute atomic E-state index is 13.3. The van der Waals surface area contributed by atoms with Gasteiger partial charge in [0.1, 0.15) is 5.75 Å². The van der Waals surface area contributed by atoms with E-state index in [1.165, 1.54) is 18.2 Å². The van der Waals surface area contributed by atoms with Crippen LogP contribution in [0.2, 0.25) is 0 Å². The van der Waals surface area contributed by atoms with E-state index >= 15 is 0 Å². The van der Waals surface area contributed by atoms with E-state index in [-0.39, 0.29) is 16.8 Å². The number of nitrogens with one attached hydrogen (secondary N) is 2. The molecule has 0 aliphatic heterocycles. The summed E-state index contributed by atoms with van der Waals surface area (Å²) in [4.78, 5) is 25.0. The van der Waals surface area contributed by atoms with Gasteiger partial charge in [-0.2, -0.15) is 0 Å². The number of anilines is 2. The number of ether oxygens (including phenoxy) is 1. The number of hydrogen-bond donors (Lipinski definition) is 2. The number of halogens is 2. The van der Waals surface area contributed by atoms with E-state index in [1.54, 1.807) is 36.4 Å². The molecule has 3 aromatic carbocycles. The van der Waals surface area contributed by atoms with E-state index in [9.17, 15) is 18.4 Å². The minimum Gasteiger partial charge on any atom is -0.492 e. The fourth-order valence-corrected chi connectivity index (χ4v) is 2.62. The summed E-state index contributed by atoms with van der Waals surface area (Å²) in [5.74, 6) is -2.51. The molecule has 0 aliphatic carbocycles. The van der Waals surface area contributed by atoms with Gasteiger partial charge in [0, 0.05) is 22.9 Å². The molecule has 0 atom stereocenters. The van der Waals surface area contributed by atoms with Crippen LogP contribution in [0.25, 0.3) is 0 Å². The van der Waals surface area contributed by atoms with Gasteiger partial charge in [0.2, 0.25) is 0 Å². The van der Waals surface area contributed by atoms with E-state index in [0.717, 1.165) is 12.1 Å². The van der Waals surface area contributed by atoms with Crippen LogP contribution in [0, 0.1) is 11.6 Å². The lowest BCUT2D eigenvalue weighted by Gasteiger charge is -2.12. The van der Waals surface area contributed by atoms with E-state index in [1.807, 2.05) is 6.92 Å². The average Bonchev–Trinajstić information content (AvgIpc) is 2.72. The summed E-state index contributed by atoms with van der Waals surface area (Å²) in [6.07, 6.45) is 0. The van der Waals surface area contributed by atoms with Crippen LogP contribution in [0.4, 0.5) is 20.2 Å². The number of benzene rings is 3. The van der Waals surface area contributed by atoms with Crippen molar-refractivity contribution in [2.75, 3.05) is 17.2 Å². The first kappa shape index (κ1) is 20.0. The van der Waals surface area contributed by atoms with Crippen molar-refractivity contribution in [2.24, 2.45) is 0 Å². The van der Waals surface area contributed by atoms with E-state index < -0.39 is 23.4 Å². The first-order valence-corrected chi connectivity index (χ1v) is 8.87. The number of carbonyl (C=O) groups excluding carboxylic acids is 2. The second-order valence-electron chi connectivity index (χ2n) is 6.05. The molecular weight excluding hydrogens is 378 g/mol. The van der Waals surface area contributed by atoms with Crippen LogP contribution < -0.4 is 15.4 Å². The number of para-hydroxylation sites is 2. The third-order valence-electron chi connectivity index (χ3n) is 4.00. The van der Waals surface area contributed by atoms with Crippen molar-refractivity contribution in [2.45, 2.75) is 6.92 Å². The average molecular weight is 396 g/mol. The van der Waals surface area contributed by atoms with Crippen LogP contribution in [0.1, 0.15) is 27.6 Å². The molecule has 0 saturated heterocycles. The number of carbonyl (C=O) groups is 2. The maximum Gasteiger partial charge on any atom is 0.255 e. The SMILES string of the molecule is CCOc1ccccc1NC(=O)c1cccc(C(=O)Nc2ccc(F)c(F)c2)c1. The standard InChI is InChI=1S/C22H18F2N2O3/c1-2-29-20-9-4-3-8-19(20)26-22(28)15-7-5-6-14(12-15)21(27)25-16-10-11-17(23)18(24)13-16/h3-13H,2H2,1H3,(H,25,27)(H,26,28). The lowest BCUT2D eigenvalue weighted by molar-refractivity contribution is 0.102. The molecule has 148 valence electrons. The normalized spacial score (nSPS) is 10.3. The van der Waals surface area contributed by atoms with Gasteiger partial charge in [0.05, 0.1) is 12.3 Å². The smallest absolute Gasteiger partial charge is 0.255 e. The summed E-state index contributed by atoms with van der Waals surface area (Å²) in [7, 11) is 0. The Balaban J connectivity index is 1.75. The number of hydrogen-bond acceptors (Lipinski definition) is 3. The molecule has 2 N–H and O–H groups in total. The van der Waals surface area contributed by atoms with Crippen LogP contribution >= 0.6 is 0 Å². The molecule has 0 fully saturated rings. The van der Waals surface area contributed by atoms with Crippen molar-refractivity contribution in [1.82, 2.24) is 0 Å². The molecule has 3 rings (SSSR count). The van der Waals surface area contributed by atoms with Crippen LogP contribution in [-0.2, 0) is 0 Å². The van der Waals surface area contributed by atoms with Gasteiger partial charge in [-0.05, 0) is 49.4 Å². The Morgan fingerprint density at radius 2 is 1.52 bits per heavy atom. The van der Waals surface area contributed by atoms with Gasteiger partial charge < -0.3 is 15.4 Å². The molecule has 0 heterocycles. The molecule has 29 heavy (non-hydrogen) atoms. The molecule has 5 nitrogen and oxygen atoms in total. The summed E-state index contributed by atoms with van der Waals surface area (Å²) in [6.45, 7) is 2.29. The van der Waals surface area contributed by atoms with E-state index in [0.29, 0.717) is 18.0 Å². The van der Waals surface area contributed by atoms with Crippen molar-refractivity contribution in [3.8, 4) is 5.75 Å². The molecule has 3 aromatic rings. The van der Waals surface area contributed by atoms with Crippen molar-refractivity contribution in [3.05, 3.63) is 89.5 Å². The van der Waals surface area contributed by atoms with Gasteiger partial charge in [-0.1, -0.05) is 18.2 Å². The summed E-state index contributed by atoms with van der Waals surface area (Å²) >= 11 is 0. The first-order valence-electron chi connectivity index (χ1n) is 8.87. The Morgan fingerprint density at radius 1 is 0.828 bits per heavy atom. The summed E-state index contributed by atoms with van der Waals surface area (Å²) in [5.41, 5.74) is 1.07. The van der Waals surface area contributed by atoms with Gasteiger partial charge in [-0.15, -0.1) is 0 Å². The maximum atomic E-state index is 13.3. The van der Waals surface area contributed by atoms with Gasteiger partial charge >= 0.3 is 0 Å². The fraction of sp³-hybridized carbons (Fsp3) is 0.0909. The predicted octanol–water partition coefficient (Wildman–Crippen LogP) is 4.87. The highest BCUT2D eigenvalue weighted by molar-refractivity contribution is 6.09. The van der Waals surface area contributed by atoms with Gasteiger partial charge in [0.15, 0.2) is 11.6 Å². The number of rotatable bonds is 6. The third kappa shape index (κ3) is 4.95. The van der Waals surface area contributed by atoms with Gasteiger partial charge in [0.25, 0.3) is 11.8 Å². The number of amides is 2. The van der Waals surface area contributed by atoms with Crippen LogP contribution in [0.5, 0.6) is 5.75 Å². The monoisotopic (exact) mass is 396 g/mol. The van der Waals surface area contributed by atoms with Crippen molar-refractivity contribution in [1.29, 1.82) is 0 Å². The fourth-order valence-electron chi connectivity index (χ4n) is 2.62. The van der Waals surface area contributed by atoms with Crippen molar-refractivity contribution in [3.63, 3.8) is 0 Å². The Labute approximate surface area is 166 Å². The summed E-state index contributed by atoms with van der Waals surface area (Å²) < 4.78 is 31.8. The third-order valence-corrected chi connectivity index (χ3v) is 4.00. The lowest BCUT2D eigenvalue weighted by Crippen LogP contribution is -2.16. The van der Waals surface area contributed by atoms with Crippen LogP contribution in [0.3, 0.4) is 0 Å². The molecule has 0 unspecified atom stereocenters. The quantitative estimate of drug-likeness (QED) is 0.625. The molecule has 0 aliphatic rings. The molecule has 0 bridgehead atoms. The minimum atomic E-state index is -1.07. The highest BCUT2D eigenvalue weighted by Crippen LogP contribution is 2.24. The topological polar surface area (TPSA) is 67.4 Å². The minimum absolute atomic E-state index is 0.106. The molecule has 2 amide bonds. The van der Waals surface area contributed by atoms with Gasteiger partial charge in [-0.3, -0.25) is 9.59 Å². The van der Waals surface area contributed by atoms with E-state index in [4.69, 9.17) is 4.74 Å². The Hall–Kier alpha value is -3.74. The zero-order chi connectivity index (χ0) is 20.8. The molecule has 0 radical (unpaired) electrons. The molecule has 0 saturated carbocycles. The molecule has 7 heteroatoms. The molecule has 0 spiro atoms. The van der Waals surface area contributed by atoms with Crippen LogP contribution in [0.15, 0.2) is 66.7 Å². The Bertz CT molecular complexity index is 1050. The first-order chi connectivity index (χ1) is 14.0. The van der Waals surface area contributed by atoms with Gasteiger partial charge in [-0.25, -0.2) is 8.78 Å². The second-order valence-corrected chi connectivity index (χ2v) is 6.05. The molecule has 0 aromatic heterocycles. The summed E-state index contributed by atoms with van der Waals surface area (Å²) in [5, 5.41) is 5.22. The molecular formula is C22H18F2N2O3.